The van der Waals surface area contributed by atoms with E-state index < -0.39 is 28.0 Å². The number of Topliss-reactive ketones (excluding diaryl/α,β-unsaturated/α-hetero) is 1. The molecule has 0 saturated heterocycles. The fourth-order valence-electron chi connectivity index (χ4n) is 4.55. The summed E-state index contributed by atoms with van der Waals surface area (Å²) in [5.41, 5.74) is 4.03. The molecule has 36 heavy (non-hydrogen) atoms. The van der Waals surface area contributed by atoms with Gasteiger partial charge in [-0.15, -0.1) is 0 Å². The molecule has 0 atom stereocenters. The quantitative estimate of drug-likeness (QED) is 0.450. The predicted molar refractivity (Wildman–Crippen MR) is 134 cm³/mol. The third-order valence-electron chi connectivity index (χ3n) is 6.76. The monoisotopic (exact) mass is 509 g/mol. The van der Waals surface area contributed by atoms with E-state index in [0.717, 1.165) is 40.7 Å². The van der Waals surface area contributed by atoms with Gasteiger partial charge in [0.05, 0.1) is 10.3 Å². The van der Waals surface area contributed by atoms with Crippen molar-refractivity contribution in [1.82, 2.24) is 4.72 Å². The molecule has 2 N–H and O–H groups in total. The standard InChI is InChI=1S/C27H25NO7S.H2/c1-17-2-3-18(12-22(17)19-4-7-21(8-5-19)36(32,33)28-15-26(30)31)13-25(29)27(10-11-27)20-6-9-23-24(14-20)35-16-34-23;/h2-9,12,14,28H,10-11,13,15-16H2,1H3,(H,30,31);1H. The van der Waals surface area contributed by atoms with Gasteiger partial charge in [0.2, 0.25) is 16.8 Å². The Balaban J connectivity index is 0.00000320. The first-order chi connectivity index (χ1) is 17.2. The minimum Gasteiger partial charge on any atom is -0.480 e. The maximum Gasteiger partial charge on any atom is 0.318 e. The van der Waals surface area contributed by atoms with Gasteiger partial charge in [0.25, 0.3) is 0 Å². The zero-order chi connectivity index (χ0) is 25.5. The molecule has 0 unspecified atom stereocenters. The molecule has 3 aromatic rings. The van der Waals surface area contributed by atoms with Gasteiger partial charge in [0.15, 0.2) is 11.5 Å². The molecular formula is C27H27NO7S. The highest BCUT2D eigenvalue weighted by Gasteiger charge is 2.50. The van der Waals surface area contributed by atoms with Crippen LogP contribution in [0.5, 0.6) is 11.5 Å². The van der Waals surface area contributed by atoms with Crippen LogP contribution < -0.4 is 14.2 Å². The molecule has 2 aliphatic rings. The summed E-state index contributed by atoms with van der Waals surface area (Å²) in [5.74, 6) is 0.264. The van der Waals surface area contributed by atoms with Crippen LogP contribution >= 0.6 is 0 Å². The van der Waals surface area contributed by atoms with Crippen LogP contribution in [-0.2, 0) is 31.4 Å². The Morgan fingerprint density at radius 2 is 1.72 bits per heavy atom. The normalized spacial score (nSPS) is 15.5. The Labute approximate surface area is 210 Å². The van der Waals surface area contributed by atoms with Crippen LogP contribution in [-0.4, -0.2) is 38.6 Å². The Hall–Kier alpha value is -3.69. The van der Waals surface area contributed by atoms with E-state index in [1.54, 1.807) is 12.1 Å². The lowest BCUT2D eigenvalue weighted by molar-refractivity contribution is -0.135. The summed E-state index contributed by atoms with van der Waals surface area (Å²) in [4.78, 5) is 24.1. The molecule has 1 heterocycles. The number of aliphatic carboxylic acids is 1. The number of benzene rings is 3. The zero-order valence-electron chi connectivity index (χ0n) is 19.6. The van der Waals surface area contributed by atoms with Crippen LogP contribution in [0, 0.1) is 6.92 Å². The third-order valence-corrected chi connectivity index (χ3v) is 8.18. The number of carbonyl (C=O) groups is 2. The summed E-state index contributed by atoms with van der Waals surface area (Å²) in [6.07, 6.45) is 1.89. The van der Waals surface area contributed by atoms with Crippen LogP contribution in [0.3, 0.4) is 0 Å². The molecule has 9 heteroatoms. The number of carbonyl (C=O) groups excluding carboxylic acids is 1. The van der Waals surface area contributed by atoms with E-state index in [2.05, 4.69) is 0 Å². The van der Waals surface area contributed by atoms with Crippen LogP contribution in [0.4, 0.5) is 0 Å². The Morgan fingerprint density at radius 3 is 2.42 bits per heavy atom. The van der Waals surface area contributed by atoms with Crippen molar-refractivity contribution in [2.45, 2.75) is 36.5 Å². The number of hydrogen-bond donors (Lipinski definition) is 2. The van der Waals surface area contributed by atoms with Crippen LogP contribution in [0.25, 0.3) is 11.1 Å². The molecule has 0 spiro atoms. The second kappa shape index (κ2) is 9.07. The summed E-state index contributed by atoms with van der Waals surface area (Å²) in [5, 5.41) is 8.73. The van der Waals surface area contributed by atoms with Crippen molar-refractivity contribution in [1.29, 1.82) is 0 Å². The van der Waals surface area contributed by atoms with Crippen molar-refractivity contribution in [2.75, 3.05) is 13.3 Å². The fourth-order valence-corrected chi connectivity index (χ4v) is 5.52. The number of carboxylic acid groups (broad SMARTS) is 1. The zero-order valence-corrected chi connectivity index (χ0v) is 20.4. The van der Waals surface area contributed by atoms with Crippen molar-refractivity contribution < 1.29 is 34.0 Å². The summed E-state index contributed by atoms with van der Waals surface area (Å²) < 4.78 is 37.5. The molecule has 0 bridgehead atoms. The second-order valence-corrected chi connectivity index (χ2v) is 10.9. The number of nitrogens with one attached hydrogen (secondary N) is 1. The van der Waals surface area contributed by atoms with Crippen molar-refractivity contribution in [3.8, 4) is 22.6 Å². The molecule has 0 aromatic heterocycles. The van der Waals surface area contributed by atoms with Crippen molar-refractivity contribution in [3.63, 3.8) is 0 Å². The lowest BCUT2D eigenvalue weighted by Crippen LogP contribution is -2.29. The topological polar surface area (TPSA) is 119 Å². The molecule has 3 aromatic carbocycles. The molecular weight excluding hydrogens is 482 g/mol. The van der Waals surface area contributed by atoms with E-state index >= 15 is 0 Å². The summed E-state index contributed by atoms with van der Waals surface area (Å²) >= 11 is 0. The highest BCUT2D eigenvalue weighted by molar-refractivity contribution is 7.89. The Morgan fingerprint density at radius 1 is 1.00 bits per heavy atom. The van der Waals surface area contributed by atoms with E-state index in [1.165, 1.54) is 12.1 Å². The predicted octanol–water partition coefficient (Wildman–Crippen LogP) is 3.84. The minimum absolute atomic E-state index is 0. The van der Waals surface area contributed by atoms with Crippen LogP contribution in [0.1, 0.15) is 31.0 Å². The smallest absolute Gasteiger partial charge is 0.318 e. The van der Waals surface area contributed by atoms with Crippen LogP contribution in [0.15, 0.2) is 65.6 Å². The van der Waals surface area contributed by atoms with E-state index in [1.807, 2.05) is 48.0 Å². The lowest BCUT2D eigenvalue weighted by Gasteiger charge is -2.16. The maximum absolute atomic E-state index is 13.4. The average Bonchev–Trinajstić information content (AvgIpc) is 3.55. The Kier molecular flexibility index (Phi) is 6.05. The Bertz CT molecular complexity index is 1460. The van der Waals surface area contributed by atoms with Gasteiger partial charge in [-0.3, -0.25) is 9.59 Å². The lowest BCUT2D eigenvalue weighted by atomic mass is 9.87. The molecule has 5 rings (SSSR count). The number of ketones is 1. The summed E-state index contributed by atoms with van der Waals surface area (Å²) in [7, 11) is -3.92. The van der Waals surface area contributed by atoms with Gasteiger partial charge < -0.3 is 14.6 Å². The number of aryl methyl sites for hydroxylation is 1. The van der Waals surface area contributed by atoms with Crippen molar-refractivity contribution >= 4 is 21.8 Å². The van der Waals surface area contributed by atoms with Gasteiger partial charge in [-0.2, -0.15) is 4.72 Å². The van der Waals surface area contributed by atoms with Crippen LogP contribution in [0.2, 0.25) is 0 Å². The molecule has 1 aliphatic carbocycles. The fraction of sp³-hybridized carbons (Fsp3) is 0.259. The minimum atomic E-state index is -3.92. The van der Waals surface area contributed by atoms with Gasteiger partial charge in [-0.05, 0) is 71.8 Å². The highest BCUT2D eigenvalue weighted by Crippen LogP contribution is 2.51. The van der Waals surface area contributed by atoms with Gasteiger partial charge in [0, 0.05) is 7.85 Å². The first-order valence-corrected chi connectivity index (χ1v) is 13.0. The number of fused-ring (bicyclic) bond motifs is 1. The molecule has 1 aliphatic heterocycles. The average molecular weight is 510 g/mol. The van der Waals surface area contributed by atoms with Crippen molar-refractivity contribution in [3.05, 3.63) is 77.4 Å². The molecule has 188 valence electrons. The SMILES string of the molecule is Cc1ccc(CC(=O)C2(c3ccc4c(c3)OCO4)CC2)cc1-c1ccc(S(=O)(=O)NCC(=O)O)cc1.[HH]. The van der Waals surface area contributed by atoms with Crippen molar-refractivity contribution in [2.24, 2.45) is 0 Å². The molecule has 0 amide bonds. The third kappa shape index (κ3) is 4.59. The largest absolute Gasteiger partial charge is 0.480 e. The van der Waals surface area contributed by atoms with E-state index in [9.17, 15) is 18.0 Å². The van der Waals surface area contributed by atoms with Gasteiger partial charge in [-0.25, -0.2) is 8.42 Å². The first-order valence-electron chi connectivity index (χ1n) is 11.5. The number of rotatable bonds is 9. The van der Waals surface area contributed by atoms with Gasteiger partial charge in [-0.1, -0.05) is 36.4 Å². The van der Waals surface area contributed by atoms with E-state index in [4.69, 9.17) is 14.6 Å². The summed E-state index contributed by atoms with van der Waals surface area (Å²) in [6, 6.07) is 17.8. The number of carboxylic acids is 1. The molecule has 1 saturated carbocycles. The van der Waals surface area contributed by atoms with Gasteiger partial charge >= 0.3 is 5.97 Å². The molecule has 0 radical (unpaired) electrons. The first kappa shape index (κ1) is 24.0. The van der Waals surface area contributed by atoms with Gasteiger partial charge in [0.1, 0.15) is 12.3 Å². The van der Waals surface area contributed by atoms with E-state index in [0.29, 0.717) is 11.5 Å². The molecule has 8 nitrogen and oxygen atoms in total. The number of hydrogen-bond acceptors (Lipinski definition) is 6. The van der Waals surface area contributed by atoms with E-state index in [-0.39, 0.29) is 25.3 Å². The number of sulfonamides is 1. The maximum atomic E-state index is 13.4. The molecule has 1 fully saturated rings. The summed E-state index contributed by atoms with van der Waals surface area (Å²) in [6.45, 7) is 1.46. The highest BCUT2D eigenvalue weighted by atomic mass is 32.2. The second-order valence-electron chi connectivity index (χ2n) is 9.14. The number of ether oxygens (including phenoxy) is 2.